The predicted molar refractivity (Wildman–Crippen MR) is 105 cm³/mol. The van der Waals surface area contributed by atoms with E-state index in [0.717, 1.165) is 63.1 Å². The Balaban J connectivity index is 1.71. The van der Waals surface area contributed by atoms with Gasteiger partial charge in [0, 0.05) is 19.2 Å². The first kappa shape index (κ1) is 20.5. The molecule has 1 aromatic rings. The Hall–Kier alpha value is -2.20. The quantitative estimate of drug-likeness (QED) is 0.611. The number of carbonyl (C=O) groups excluding carboxylic acids is 3. The largest absolute Gasteiger partial charge is 0.395 e. The molecule has 0 radical (unpaired) electrons. The van der Waals surface area contributed by atoms with Crippen LogP contribution in [0.2, 0.25) is 0 Å². The number of anilines is 1. The van der Waals surface area contributed by atoms with Crippen molar-refractivity contribution in [3.05, 3.63) is 10.6 Å². The maximum atomic E-state index is 13.2. The highest BCUT2D eigenvalue weighted by Crippen LogP contribution is 2.28. The number of hydrogen-bond acceptors (Lipinski definition) is 7. The number of nitrogen functional groups attached to an aromatic ring is 1. The molecular formula is C18H27N5O4S. The molecule has 1 aliphatic heterocycles. The molecule has 1 atom stereocenters. The highest BCUT2D eigenvalue weighted by atomic mass is 32.1. The zero-order chi connectivity index (χ0) is 20.1. The van der Waals surface area contributed by atoms with Crippen molar-refractivity contribution in [3.8, 4) is 0 Å². The van der Waals surface area contributed by atoms with E-state index in [2.05, 4.69) is 9.69 Å². The summed E-state index contributed by atoms with van der Waals surface area (Å²) in [5, 5.41) is 2.86. The van der Waals surface area contributed by atoms with E-state index in [4.69, 9.17) is 16.2 Å². The lowest BCUT2D eigenvalue weighted by atomic mass is 9.94. The summed E-state index contributed by atoms with van der Waals surface area (Å²) in [6, 6.07) is -0.0340. The van der Waals surface area contributed by atoms with Crippen LogP contribution in [0.25, 0.3) is 0 Å². The summed E-state index contributed by atoms with van der Waals surface area (Å²) in [5.74, 6) is -1.37. The molecule has 0 spiro atoms. The van der Waals surface area contributed by atoms with Crippen molar-refractivity contribution in [2.75, 3.05) is 25.4 Å². The minimum absolute atomic E-state index is 0.0110. The van der Waals surface area contributed by atoms with Crippen LogP contribution < -0.4 is 16.8 Å². The molecule has 1 saturated heterocycles. The number of nitrogens with one attached hydrogen (secondary N) is 1. The van der Waals surface area contributed by atoms with Gasteiger partial charge in [-0.1, -0.05) is 19.3 Å². The first-order valence-electron chi connectivity index (χ1n) is 9.71. The molecule has 5 N–H and O–H groups in total. The molecule has 1 aliphatic carbocycles. The van der Waals surface area contributed by atoms with Gasteiger partial charge in [-0.2, -0.15) is 4.37 Å². The normalized spacial score (nSPS) is 20.1. The van der Waals surface area contributed by atoms with Gasteiger partial charge in [-0.15, -0.1) is 0 Å². The van der Waals surface area contributed by atoms with Gasteiger partial charge in [-0.3, -0.25) is 14.4 Å². The van der Waals surface area contributed by atoms with Crippen LogP contribution >= 0.6 is 11.5 Å². The topological polar surface area (TPSA) is 141 Å². The number of nitrogens with two attached hydrogens (primary N) is 2. The Kier molecular flexibility index (Phi) is 6.84. The van der Waals surface area contributed by atoms with Crippen LogP contribution in [-0.4, -0.2) is 58.8 Å². The van der Waals surface area contributed by atoms with Gasteiger partial charge >= 0.3 is 0 Å². The molecule has 0 unspecified atom stereocenters. The zero-order valence-electron chi connectivity index (χ0n) is 15.8. The molecule has 2 aliphatic rings. The van der Waals surface area contributed by atoms with Gasteiger partial charge in [-0.25, -0.2) is 0 Å². The molecular weight excluding hydrogens is 382 g/mol. The van der Waals surface area contributed by atoms with Crippen LogP contribution in [0.1, 0.15) is 65.1 Å². The second kappa shape index (κ2) is 9.33. The summed E-state index contributed by atoms with van der Waals surface area (Å²) >= 11 is 0.847. The Morgan fingerprint density at radius 1 is 1.18 bits per heavy atom. The maximum absolute atomic E-state index is 13.2. The second-order valence-corrected chi connectivity index (χ2v) is 8.08. The second-order valence-electron chi connectivity index (χ2n) is 7.30. The number of carbonyl (C=O) groups is 3. The Labute approximate surface area is 167 Å². The fourth-order valence-corrected chi connectivity index (χ4v) is 4.52. The van der Waals surface area contributed by atoms with Gasteiger partial charge < -0.3 is 26.4 Å². The van der Waals surface area contributed by atoms with Crippen molar-refractivity contribution < 1.29 is 19.1 Å². The molecule has 2 heterocycles. The molecule has 28 heavy (non-hydrogen) atoms. The van der Waals surface area contributed by atoms with Gasteiger partial charge in [0.1, 0.15) is 11.4 Å². The lowest BCUT2D eigenvalue weighted by Gasteiger charge is -2.33. The third kappa shape index (κ3) is 4.79. The molecule has 3 amide bonds. The molecule has 0 aromatic carbocycles. The molecule has 0 bridgehead atoms. The van der Waals surface area contributed by atoms with E-state index in [9.17, 15) is 14.4 Å². The van der Waals surface area contributed by atoms with Crippen molar-refractivity contribution in [2.24, 2.45) is 5.73 Å². The summed E-state index contributed by atoms with van der Waals surface area (Å²) in [5.41, 5.74) is 11.1. The third-order valence-corrected chi connectivity index (χ3v) is 6.15. The third-order valence-electron chi connectivity index (χ3n) is 5.30. The Morgan fingerprint density at radius 3 is 2.54 bits per heavy atom. The first-order chi connectivity index (χ1) is 13.5. The molecule has 1 saturated carbocycles. The fourth-order valence-electron chi connectivity index (χ4n) is 3.76. The lowest BCUT2D eigenvalue weighted by molar-refractivity contribution is -0.122. The standard InChI is InChI=1S/C18H27N5O4S/c19-14-15(17(20)25)22-28-16(14)18(26)23(11-5-2-1-3-6-11)10-13(24)21-9-12-7-4-8-27-12/h11-12H,1-10,19H2,(H2,20,25)(H,21,24)/t12-/m1/s1. The molecule has 154 valence electrons. The van der Waals surface area contributed by atoms with E-state index in [0.29, 0.717) is 6.54 Å². The van der Waals surface area contributed by atoms with E-state index in [1.165, 1.54) is 0 Å². The van der Waals surface area contributed by atoms with Gasteiger partial charge in [0.25, 0.3) is 11.8 Å². The smallest absolute Gasteiger partial charge is 0.270 e. The van der Waals surface area contributed by atoms with Crippen molar-refractivity contribution in [1.29, 1.82) is 0 Å². The van der Waals surface area contributed by atoms with E-state index in [1.54, 1.807) is 4.90 Å². The monoisotopic (exact) mass is 409 g/mol. The molecule has 10 heteroatoms. The Bertz CT molecular complexity index is 726. The van der Waals surface area contributed by atoms with Crippen LogP contribution in [-0.2, 0) is 9.53 Å². The summed E-state index contributed by atoms with van der Waals surface area (Å²) in [7, 11) is 0. The lowest BCUT2D eigenvalue weighted by Crippen LogP contribution is -2.48. The van der Waals surface area contributed by atoms with E-state index in [1.807, 2.05) is 0 Å². The van der Waals surface area contributed by atoms with Crippen LogP contribution in [0.4, 0.5) is 5.69 Å². The van der Waals surface area contributed by atoms with Crippen LogP contribution in [0, 0.1) is 0 Å². The van der Waals surface area contributed by atoms with Crippen molar-refractivity contribution in [1.82, 2.24) is 14.6 Å². The van der Waals surface area contributed by atoms with Crippen LogP contribution in [0.3, 0.4) is 0 Å². The minimum Gasteiger partial charge on any atom is -0.395 e. The number of ether oxygens (including phenoxy) is 1. The average Bonchev–Trinajstić information content (AvgIpc) is 3.34. The summed E-state index contributed by atoms with van der Waals surface area (Å²) in [6.07, 6.45) is 6.79. The average molecular weight is 410 g/mol. The highest BCUT2D eigenvalue weighted by molar-refractivity contribution is 7.09. The minimum atomic E-state index is -0.772. The van der Waals surface area contributed by atoms with Gasteiger partial charge in [0.15, 0.2) is 5.69 Å². The van der Waals surface area contributed by atoms with Gasteiger partial charge in [-0.05, 0) is 37.2 Å². The molecule has 9 nitrogen and oxygen atoms in total. The molecule has 1 aromatic heterocycles. The van der Waals surface area contributed by atoms with Crippen molar-refractivity contribution in [2.45, 2.75) is 57.1 Å². The number of rotatable bonds is 7. The number of nitrogens with zero attached hydrogens (tertiary/aromatic N) is 2. The highest BCUT2D eigenvalue weighted by Gasteiger charge is 2.32. The molecule has 3 rings (SSSR count). The van der Waals surface area contributed by atoms with Crippen LogP contribution in [0.5, 0.6) is 0 Å². The zero-order valence-corrected chi connectivity index (χ0v) is 16.6. The number of hydrogen-bond donors (Lipinski definition) is 3. The van der Waals surface area contributed by atoms with Crippen molar-refractivity contribution in [3.63, 3.8) is 0 Å². The first-order valence-corrected chi connectivity index (χ1v) is 10.5. The van der Waals surface area contributed by atoms with Crippen molar-refractivity contribution >= 4 is 34.9 Å². The van der Waals surface area contributed by atoms with Gasteiger partial charge in [0.2, 0.25) is 5.91 Å². The number of aromatic nitrogens is 1. The predicted octanol–water partition coefficient (Wildman–Crippen LogP) is 0.894. The van der Waals surface area contributed by atoms with Crippen LogP contribution in [0.15, 0.2) is 0 Å². The maximum Gasteiger partial charge on any atom is 0.270 e. The SMILES string of the molecule is NC(=O)c1nsc(C(=O)N(CC(=O)NC[C@H]2CCCO2)C2CCCCC2)c1N. The number of primary amides is 1. The van der Waals surface area contributed by atoms with Gasteiger partial charge in [0.05, 0.1) is 11.8 Å². The Morgan fingerprint density at radius 2 is 1.93 bits per heavy atom. The summed E-state index contributed by atoms with van der Waals surface area (Å²) in [6.45, 7) is 1.11. The van der Waals surface area contributed by atoms with E-state index < -0.39 is 5.91 Å². The summed E-state index contributed by atoms with van der Waals surface area (Å²) < 4.78 is 9.43. The number of amides is 3. The fraction of sp³-hybridized carbons (Fsp3) is 0.667. The summed E-state index contributed by atoms with van der Waals surface area (Å²) in [4.78, 5) is 38.8. The van der Waals surface area contributed by atoms with E-state index in [-0.39, 0.29) is 46.8 Å². The molecule has 2 fully saturated rings. The van der Waals surface area contributed by atoms with E-state index >= 15 is 0 Å².